The van der Waals surface area contributed by atoms with E-state index in [-0.39, 0.29) is 11.3 Å². The van der Waals surface area contributed by atoms with E-state index in [1.54, 1.807) is 4.90 Å². The van der Waals surface area contributed by atoms with Gasteiger partial charge in [0.15, 0.2) is 0 Å². The van der Waals surface area contributed by atoms with Gasteiger partial charge >= 0.3 is 12.1 Å². The van der Waals surface area contributed by atoms with Gasteiger partial charge in [-0.3, -0.25) is 19.7 Å². The van der Waals surface area contributed by atoms with Crippen molar-refractivity contribution in [3.05, 3.63) is 69.5 Å². The van der Waals surface area contributed by atoms with Gasteiger partial charge in [0.05, 0.1) is 24.5 Å². The minimum atomic E-state index is -1.18. The zero-order valence-corrected chi connectivity index (χ0v) is 19.0. The Kier molecular flexibility index (Phi) is 8.18. The highest BCUT2D eigenvalue weighted by atomic mass is 19.1. The summed E-state index contributed by atoms with van der Waals surface area (Å²) in [5.41, 5.74) is 0.372. The number of rotatable bonds is 7. The Morgan fingerprint density at radius 1 is 1.14 bits per heavy atom. The summed E-state index contributed by atoms with van der Waals surface area (Å²) in [4.78, 5) is 50.5. The number of amides is 2. The number of carboxylic acids is 1. The molecule has 1 fully saturated rings. The number of hydrogen-bond acceptors (Lipinski definition) is 7. The molecule has 3 rings (SSSR count). The smallest absolute Gasteiger partial charge is 0.409 e. The normalized spacial score (nSPS) is 14.6. The Bertz CT molecular complexity index is 1110. The summed E-state index contributed by atoms with van der Waals surface area (Å²) in [6.07, 6.45) is -0.351. The first-order valence-corrected chi connectivity index (χ1v) is 10.8. The topological polar surface area (TPSA) is 142 Å². The average molecular weight is 488 g/mol. The maximum absolute atomic E-state index is 13.3. The van der Waals surface area contributed by atoms with E-state index >= 15 is 0 Å². The largest absolute Gasteiger partial charge is 0.481 e. The third kappa shape index (κ3) is 6.43. The first kappa shape index (κ1) is 25.4. The summed E-state index contributed by atoms with van der Waals surface area (Å²) in [6, 6.07) is 8.09. The number of benzene rings is 2. The summed E-state index contributed by atoms with van der Waals surface area (Å²) < 4.78 is 18.0. The molecule has 2 aromatic carbocycles. The van der Waals surface area contributed by atoms with Gasteiger partial charge in [-0.25, -0.2) is 9.18 Å². The van der Waals surface area contributed by atoms with E-state index in [0.29, 0.717) is 43.9 Å². The van der Waals surface area contributed by atoms with Gasteiger partial charge in [0.25, 0.3) is 11.6 Å². The third-order valence-corrected chi connectivity index (χ3v) is 5.66. The molecule has 2 amide bonds. The first-order chi connectivity index (χ1) is 16.7. The van der Waals surface area contributed by atoms with Crippen molar-refractivity contribution >= 4 is 29.3 Å². The van der Waals surface area contributed by atoms with Gasteiger partial charge in [-0.05, 0) is 36.2 Å². The van der Waals surface area contributed by atoms with Crippen LogP contribution in [0.1, 0.15) is 34.8 Å². The highest BCUT2D eigenvalue weighted by Crippen LogP contribution is 2.30. The van der Waals surface area contributed by atoms with Crippen LogP contribution in [0.2, 0.25) is 0 Å². The van der Waals surface area contributed by atoms with E-state index in [2.05, 4.69) is 5.32 Å². The highest BCUT2D eigenvalue weighted by Gasteiger charge is 2.26. The number of aliphatic carboxylic acids is 1. The summed E-state index contributed by atoms with van der Waals surface area (Å²) in [5.74, 6) is -2.39. The van der Waals surface area contributed by atoms with Gasteiger partial charge in [-0.2, -0.15) is 0 Å². The predicted octanol–water partition coefficient (Wildman–Crippen LogP) is 2.96. The number of carbonyl (C=O) groups excluding carboxylic acids is 2. The van der Waals surface area contributed by atoms with E-state index in [4.69, 9.17) is 4.74 Å². The molecule has 2 aromatic rings. The van der Waals surface area contributed by atoms with Crippen molar-refractivity contribution in [2.24, 2.45) is 0 Å². The van der Waals surface area contributed by atoms with Crippen molar-refractivity contribution in [3.63, 3.8) is 0 Å². The van der Waals surface area contributed by atoms with Crippen molar-refractivity contribution in [3.8, 4) is 0 Å². The summed E-state index contributed by atoms with van der Waals surface area (Å²) in [5, 5.41) is 23.6. The van der Waals surface area contributed by atoms with E-state index in [0.717, 1.165) is 18.2 Å². The molecule has 1 atom stereocenters. The Morgan fingerprint density at radius 2 is 1.86 bits per heavy atom. The number of nitro groups is 1. The van der Waals surface area contributed by atoms with E-state index < -0.39 is 41.2 Å². The first-order valence-electron chi connectivity index (χ1n) is 10.8. The SMILES string of the molecule is COC(=O)N1CCCN(c2ccc(C(=O)NC(CC(=O)O)c3ccc(F)cc3)cc2[N+](=O)[O-])CC1. The van der Waals surface area contributed by atoms with Crippen LogP contribution in [-0.4, -0.2) is 66.2 Å². The molecule has 1 aliphatic rings. The molecule has 0 aromatic heterocycles. The van der Waals surface area contributed by atoms with Crippen LogP contribution in [0.4, 0.5) is 20.6 Å². The second-order valence-electron chi connectivity index (χ2n) is 7.93. The molecule has 2 N–H and O–H groups in total. The Balaban J connectivity index is 1.82. The molecule has 11 nitrogen and oxygen atoms in total. The minimum absolute atomic E-state index is 0.0241. The van der Waals surface area contributed by atoms with Crippen LogP contribution in [0.25, 0.3) is 0 Å². The second kappa shape index (κ2) is 11.3. The summed E-state index contributed by atoms with van der Waals surface area (Å²) >= 11 is 0. The molecule has 1 unspecified atom stereocenters. The van der Waals surface area contributed by atoms with Gasteiger partial charge in [0.2, 0.25) is 0 Å². The van der Waals surface area contributed by atoms with E-state index in [1.165, 1.54) is 36.3 Å². The average Bonchev–Trinajstić information content (AvgIpc) is 3.09. The number of nitrogens with one attached hydrogen (secondary N) is 1. The number of ether oxygens (including phenoxy) is 1. The number of carbonyl (C=O) groups is 3. The van der Waals surface area contributed by atoms with Crippen LogP contribution >= 0.6 is 0 Å². The fourth-order valence-corrected chi connectivity index (χ4v) is 3.91. The Labute approximate surface area is 200 Å². The molecule has 35 heavy (non-hydrogen) atoms. The van der Waals surface area contributed by atoms with Gasteiger partial charge in [-0.1, -0.05) is 12.1 Å². The number of methoxy groups -OCH3 is 1. The number of nitrogens with zero attached hydrogens (tertiary/aromatic N) is 3. The van der Waals surface area contributed by atoms with Gasteiger partial charge in [-0.15, -0.1) is 0 Å². The van der Waals surface area contributed by atoms with Crippen LogP contribution in [0.3, 0.4) is 0 Å². The molecule has 1 aliphatic heterocycles. The molecule has 186 valence electrons. The number of anilines is 1. The molecule has 0 spiro atoms. The van der Waals surface area contributed by atoms with Crippen LogP contribution in [0.15, 0.2) is 42.5 Å². The number of hydrogen-bond donors (Lipinski definition) is 2. The zero-order chi connectivity index (χ0) is 25.5. The molecule has 1 saturated heterocycles. The molecule has 12 heteroatoms. The van der Waals surface area contributed by atoms with Crippen molar-refractivity contribution in [1.29, 1.82) is 0 Å². The minimum Gasteiger partial charge on any atom is -0.481 e. The maximum atomic E-state index is 13.3. The molecular formula is C23H25FN4O7. The maximum Gasteiger partial charge on any atom is 0.409 e. The molecule has 0 radical (unpaired) electrons. The summed E-state index contributed by atoms with van der Waals surface area (Å²) in [6.45, 7) is 1.57. The van der Waals surface area contributed by atoms with Crippen LogP contribution in [-0.2, 0) is 9.53 Å². The van der Waals surface area contributed by atoms with Crippen LogP contribution < -0.4 is 10.2 Å². The Morgan fingerprint density at radius 3 is 2.49 bits per heavy atom. The van der Waals surface area contributed by atoms with Crippen LogP contribution in [0, 0.1) is 15.9 Å². The predicted molar refractivity (Wildman–Crippen MR) is 123 cm³/mol. The molecule has 0 aliphatic carbocycles. The molecular weight excluding hydrogens is 463 g/mol. The fraction of sp³-hybridized carbons (Fsp3) is 0.348. The number of halogens is 1. The summed E-state index contributed by atoms with van der Waals surface area (Å²) in [7, 11) is 1.29. The lowest BCUT2D eigenvalue weighted by Crippen LogP contribution is -2.35. The lowest BCUT2D eigenvalue weighted by Gasteiger charge is -2.23. The number of nitro benzene ring substituents is 1. The van der Waals surface area contributed by atoms with Crippen molar-refractivity contribution in [2.75, 3.05) is 38.2 Å². The van der Waals surface area contributed by atoms with Gasteiger partial charge in [0, 0.05) is 37.8 Å². The third-order valence-electron chi connectivity index (χ3n) is 5.66. The van der Waals surface area contributed by atoms with Crippen molar-refractivity contribution < 1.29 is 33.5 Å². The van der Waals surface area contributed by atoms with Crippen molar-refractivity contribution in [1.82, 2.24) is 10.2 Å². The lowest BCUT2D eigenvalue weighted by atomic mass is 10.0. The van der Waals surface area contributed by atoms with Gasteiger partial charge < -0.3 is 25.0 Å². The van der Waals surface area contributed by atoms with Gasteiger partial charge in [0.1, 0.15) is 11.5 Å². The fourth-order valence-electron chi connectivity index (χ4n) is 3.91. The monoisotopic (exact) mass is 488 g/mol. The quantitative estimate of drug-likeness (QED) is 0.447. The molecule has 0 saturated carbocycles. The molecule has 0 bridgehead atoms. The lowest BCUT2D eigenvalue weighted by molar-refractivity contribution is -0.384. The highest BCUT2D eigenvalue weighted by molar-refractivity contribution is 5.96. The zero-order valence-electron chi connectivity index (χ0n) is 19.0. The van der Waals surface area contributed by atoms with E-state index in [1.807, 2.05) is 0 Å². The standard InChI is InChI=1S/C23H25FN4O7/c1-35-23(32)27-10-2-9-26(11-12-27)19-8-5-16(13-20(19)28(33)34)22(31)25-18(14-21(29)30)15-3-6-17(24)7-4-15/h3-8,13,18H,2,9-12,14H2,1H3,(H,25,31)(H,29,30). The Hall–Kier alpha value is -4.22. The number of carboxylic acid groups (broad SMARTS) is 1. The second-order valence-corrected chi connectivity index (χ2v) is 7.93. The van der Waals surface area contributed by atoms with Crippen LogP contribution in [0.5, 0.6) is 0 Å². The molecule has 1 heterocycles. The van der Waals surface area contributed by atoms with Crippen molar-refractivity contribution in [2.45, 2.75) is 18.9 Å². The van der Waals surface area contributed by atoms with E-state index in [9.17, 15) is 34.0 Å².